The van der Waals surface area contributed by atoms with Crippen LogP contribution in [0.3, 0.4) is 0 Å². The lowest BCUT2D eigenvalue weighted by Gasteiger charge is -2.09. The second-order valence-electron chi connectivity index (χ2n) is 8.38. The molecule has 4 N–H and O–H groups in total. The number of hydrogen-bond acceptors (Lipinski definition) is 5. The molecule has 0 aliphatic rings. The highest BCUT2D eigenvalue weighted by atomic mass is 32.1. The van der Waals surface area contributed by atoms with Gasteiger partial charge in [-0.25, -0.2) is 0 Å². The maximum atomic E-state index is 6.44. The van der Waals surface area contributed by atoms with Crippen molar-refractivity contribution in [3.63, 3.8) is 0 Å². The minimum absolute atomic E-state index is 0.481. The van der Waals surface area contributed by atoms with E-state index >= 15 is 0 Å². The molecule has 3 aromatic heterocycles. The van der Waals surface area contributed by atoms with Gasteiger partial charge in [-0.1, -0.05) is 60.7 Å². The van der Waals surface area contributed by atoms with Gasteiger partial charge < -0.3 is 11.5 Å². The van der Waals surface area contributed by atoms with Crippen molar-refractivity contribution in [3.8, 4) is 20.9 Å². The van der Waals surface area contributed by atoms with Gasteiger partial charge in [0, 0.05) is 56.8 Å². The zero-order valence-corrected chi connectivity index (χ0v) is 21.0. The summed E-state index contributed by atoms with van der Waals surface area (Å²) in [6.45, 7) is 0.962. The number of aliphatic imine (C=N–C) groups is 2. The zero-order valence-electron chi connectivity index (χ0n) is 20.2. The lowest BCUT2D eigenvalue weighted by Crippen LogP contribution is -2.15. The highest BCUT2D eigenvalue weighted by molar-refractivity contribution is 7.18. The minimum Gasteiger partial charge on any atom is -0.383 e. The molecule has 0 aliphatic heterocycles. The maximum Gasteiger partial charge on any atom is 0.126 e. The summed E-state index contributed by atoms with van der Waals surface area (Å²) in [5.74, 6) is 1.00. The fourth-order valence-electron chi connectivity index (χ4n) is 3.98. The van der Waals surface area contributed by atoms with E-state index in [1.54, 1.807) is 36.1 Å². The predicted molar refractivity (Wildman–Crippen MR) is 153 cm³/mol. The molecule has 0 saturated heterocycles. The maximum absolute atomic E-state index is 6.44. The van der Waals surface area contributed by atoms with Gasteiger partial charge in [0.15, 0.2) is 0 Å². The Balaban J connectivity index is 1.43. The molecule has 0 radical (unpaired) electrons. The molecular formula is C30H26N6S. The van der Waals surface area contributed by atoms with Crippen molar-refractivity contribution in [3.05, 3.63) is 132 Å². The monoisotopic (exact) mass is 502 g/mol. The van der Waals surface area contributed by atoms with E-state index in [1.165, 1.54) is 0 Å². The van der Waals surface area contributed by atoms with Crippen LogP contribution in [0.5, 0.6) is 0 Å². The summed E-state index contributed by atoms with van der Waals surface area (Å²) in [5.41, 5.74) is 18.8. The molecule has 0 aliphatic carbocycles. The largest absolute Gasteiger partial charge is 0.383 e. The Morgan fingerprint density at radius 2 is 1.05 bits per heavy atom. The zero-order chi connectivity index (χ0) is 25.5. The molecule has 0 fully saturated rings. The van der Waals surface area contributed by atoms with E-state index in [0.29, 0.717) is 24.8 Å². The van der Waals surface area contributed by atoms with Crippen LogP contribution >= 0.6 is 11.3 Å². The van der Waals surface area contributed by atoms with Crippen molar-refractivity contribution in [2.75, 3.05) is 0 Å². The van der Waals surface area contributed by atoms with Gasteiger partial charge in [0.25, 0.3) is 0 Å². The third-order valence-corrected chi connectivity index (χ3v) is 7.00. The number of nitrogens with two attached hydrogens (primary N) is 2. The number of amidine groups is 2. The van der Waals surface area contributed by atoms with E-state index in [0.717, 1.165) is 43.1 Å². The lowest BCUT2D eigenvalue weighted by atomic mass is 10.0. The second-order valence-corrected chi connectivity index (χ2v) is 9.46. The van der Waals surface area contributed by atoms with Crippen molar-refractivity contribution < 1.29 is 0 Å². The molecule has 0 bridgehead atoms. The fraction of sp³-hybridized carbons (Fsp3) is 0.0667. The number of pyridine rings is 2. The van der Waals surface area contributed by atoms with Gasteiger partial charge in [-0.3, -0.25) is 20.0 Å². The third kappa shape index (κ3) is 5.79. The predicted octanol–water partition coefficient (Wildman–Crippen LogP) is 5.68. The van der Waals surface area contributed by atoms with Crippen molar-refractivity contribution in [2.24, 2.45) is 21.5 Å². The summed E-state index contributed by atoms with van der Waals surface area (Å²) in [4.78, 5) is 19.7. The summed E-state index contributed by atoms with van der Waals surface area (Å²) < 4.78 is 0. The molecule has 7 heteroatoms. The normalized spacial score (nSPS) is 12.0. The quantitative estimate of drug-likeness (QED) is 0.210. The van der Waals surface area contributed by atoms with Crippen LogP contribution in [0.1, 0.15) is 22.3 Å². The van der Waals surface area contributed by atoms with Crippen LogP contribution in [0.15, 0.2) is 120 Å². The molecule has 5 aromatic rings. The van der Waals surface area contributed by atoms with E-state index in [9.17, 15) is 0 Å². The van der Waals surface area contributed by atoms with Gasteiger partial charge in [0.05, 0.1) is 13.1 Å². The summed E-state index contributed by atoms with van der Waals surface area (Å²) in [5, 5.41) is 0. The van der Waals surface area contributed by atoms with Crippen LogP contribution in [0.25, 0.3) is 20.9 Å². The van der Waals surface area contributed by atoms with Gasteiger partial charge in [-0.15, -0.1) is 11.3 Å². The molecule has 2 aromatic carbocycles. The van der Waals surface area contributed by atoms with Crippen LogP contribution in [-0.2, 0) is 13.1 Å². The first-order chi connectivity index (χ1) is 18.2. The van der Waals surface area contributed by atoms with Crippen LogP contribution in [0, 0.1) is 0 Å². The number of thiophene rings is 1. The first-order valence-electron chi connectivity index (χ1n) is 11.9. The Kier molecular flexibility index (Phi) is 7.43. The minimum atomic E-state index is 0.481. The highest BCUT2D eigenvalue weighted by Crippen LogP contribution is 2.37. The lowest BCUT2D eigenvalue weighted by molar-refractivity contribution is 1.04. The van der Waals surface area contributed by atoms with Crippen molar-refractivity contribution in [2.45, 2.75) is 13.1 Å². The van der Waals surface area contributed by atoms with Crippen LogP contribution in [-0.4, -0.2) is 21.6 Å². The smallest absolute Gasteiger partial charge is 0.126 e. The molecule has 3 heterocycles. The average molecular weight is 503 g/mol. The Hall–Kier alpha value is -4.62. The fourth-order valence-corrected chi connectivity index (χ4v) is 5.06. The molecule has 182 valence electrons. The SMILES string of the molecule is NC(=NCc1cccnc1)c1ccccc1-c1ccc(-c2ccccc2C(N)=NCc2cccnc2)s1. The van der Waals surface area contributed by atoms with E-state index in [4.69, 9.17) is 11.5 Å². The number of rotatable bonds is 8. The number of aromatic nitrogens is 2. The average Bonchev–Trinajstić information content (AvgIpc) is 3.46. The summed E-state index contributed by atoms with van der Waals surface area (Å²) in [7, 11) is 0. The number of nitrogens with zero attached hydrogens (tertiary/aromatic N) is 4. The molecule has 37 heavy (non-hydrogen) atoms. The summed E-state index contributed by atoms with van der Waals surface area (Å²) >= 11 is 1.69. The molecule has 0 spiro atoms. The van der Waals surface area contributed by atoms with Crippen molar-refractivity contribution >= 4 is 23.0 Å². The van der Waals surface area contributed by atoms with Gasteiger partial charge in [-0.05, 0) is 35.4 Å². The van der Waals surface area contributed by atoms with E-state index in [-0.39, 0.29) is 0 Å². The van der Waals surface area contributed by atoms with Crippen molar-refractivity contribution in [1.29, 1.82) is 0 Å². The number of benzene rings is 2. The van der Waals surface area contributed by atoms with Gasteiger partial charge in [0.2, 0.25) is 0 Å². The molecule has 6 nitrogen and oxygen atoms in total. The van der Waals surface area contributed by atoms with Crippen LogP contribution < -0.4 is 11.5 Å². The van der Waals surface area contributed by atoms with E-state index in [2.05, 4.69) is 44.2 Å². The molecule has 0 amide bonds. The van der Waals surface area contributed by atoms with Gasteiger partial charge in [-0.2, -0.15) is 0 Å². The Bertz CT molecular complexity index is 1430. The Labute approximate surface area is 220 Å². The summed E-state index contributed by atoms with van der Waals surface area (Å²) in [6, 6.07) is 28.2. The molecule has 5 rings (SSSR count). The summed E-state index contributed by atoms with van der Waals surface area (Å²) in [6.07, 6.45) is 7.10. The molecule has 0 unspecified atom stereocenters. The first-order valence-corrected chi connectivity index (χ1v) is 12.7. The topological polar surface area (TPSA) is 103 Å². The van der Waals surface area contributed by atoms with Crippen molar-refractivity contribution in [1.82, 2.24) is 9.97 Å². The molecular weight excluding hydrogens is 476 g/mol. The van der Waals surface area contributed by atoms with Crippen LogP contribution in [0.4, 0.5) is 0 Å². The van der Waals surface area contributed by atoms with Gasteiger partial charge >= 0.3 is 0 Å². The van der Waals surface area contributed by atoms with E-state index < -0.39 is 0 Å². The van der Waals surface area contributed by atoms with E-state index in [1.807, 2.05) is 60.7 Å². The Morgan fingerprint density at radius 1 is 0.595 bits per heavy atom. The standard InChI is InChI=1S/C30H26N6S/c31-29(35-19-21-7-5-15-33-17-21)25-11-3-1-9-23(25)27-13-14-28(37-27)24-10-2-4-12-26(24)30(32)36-20-22-8-6-16-34-18-22/h1-18H,19-20H2,(H2,31,35)(H2,32,36). The molecule has 0 saturated carbocycles. The third-order valence-electron chi connectivity index (χ3n) is 5.85. The Morgan fingerprint density at radius 3 is 1.49 bits per heavy atom. The second kappa shape index (κ2) is 11.4. The van der Waals surface area contributed by atoms with Gasteiger partial charge in [0.1, 0.15) is 11.7 Å². The molecule has 0 atom stereocenters. The van der Waals surface area contributed by atoms with Crippen LogP contribution in [0.2, 0.25) is 0 Å². The number of hydrogen-bond donors (Lipinski definition) is 2. The first kappa shape index (κ1) is 24.1. The highest BCUT2D eigenvalue weighted by Gasteiger charge is 2.14.